The van der Waals surface area contributed by atoms with Gasteiger partial charge in [0.2, 0.25) is 5.91 Å². The summed E-state index contributed by atoms with van der Waals surface area (Å²) < 4.78 is 2.11. The lowest BCUT2D eigenvalue weighted by molar-refractivity contribution is -0.119. The molecule has 0 bridgehead atoms. The van der Waals surface area contributed by atoms with Gasteiger partial charge in [-0.15, -0.1) is 0 Å². The molecule has 2 rings (SSSR count). The summed E-state index contributed by atoms with van der Waals surface area (Å²) in [6.45, 7) is 0.680. The highest BCUT2D eigenvalue weighted by Crippen LogP contribution is 2.20. The van der Waals surface area contributed by atoms with Gasteiger partial charge in [-0.25, -0.2) is 0 Å². The van der Waals surface area contributed by atoms with Crippen LogP contribution in [-0.4, -0.2) is 23.6 Å². The number of carbonyl (C=O) groups excluding carboxylic acids is 1. The first-order valence-corrected chi connectivity index (χ1v) is 5.72. The minimum absolute atomic E-state index is 0.0511. The van der Waals surface area contributed by atoms with Gasteiger partial charge in [-0.1, -0.05) is 18.2 Å². The van der Waals surface area contributed by atoms with E-state index in [0.29, 0.717) is 6.54 Å². The van der Waals surface area contributed by atoms with Crippen molar-refractivity contribution in [1.29, 1.82) is 0 Å². The average Bonchev–Trinajstić information content (AvgIpc) is 2.67. The molecule has 4 heteroatoms. The van der Waals surface area contributed by atoms with Gasteiger partial charge in [-0.3, -0.25) is 4.79 Å². The average molecular weight is 231 g/mol. The largest absolute Gasteiger partial charge is 0.355 e. The quantitative estimate of drug-likeness (QED) is 0.817. The SMILES string of the molecule is Cn1cc(CCNC(=O)CN)c2ccccc21. The predicted octanol–water partition coefficient (Wildman–Crippen LogP) is 0.796. The number of hydrogen-bond donors (Lipinski definition) is 2. The van der Waals surface area contributed by atoms with Crippen molar-refractivity contribution < 1.29 is 4.79 Å². The minimum Gasteiger partial charge on any atom is -0.355 e. The Bertz CT molecular complexity index is 530. The molecule has 0 aliphatic carbocycles. The van der Waals surface area contributed by atoms with Gasteiger partial charge in [-0.2, -0.15) is 0 Å². The van der Waals surface area contributed by atoms with E-state index in [1.807, 2.05) is 19.2 Å². The van der Waals surface area contributed by atoms with Crippen molar-refractivity contribution in [2.24, 2.45) is 12.8 Å². The van der Waals surface area contributed by atoms with Crippen molar-refractivity contribution in [2.45, 2.75) is 6.42 Å². The van der Waals surface area contributed by atoms with E-state index in [1.165, 1.54) is 16.5 Å². The molecule has 0 spiro atoms. The zero-order valence-corrected chi connectivity index (χ0v) is 9.94. The topological polar surface area (TPSA) is 60.0 Å². The van der Waals surface area contributed by atoms with E-state index in [-0.39, 0.29) is 12.5 Å². The highest BCUT2D eigenvalue weighted by molar-refractivity contribution is 5.84. The lowest BCUT2D eigenvalue weighted by Gasteiger charge is -2.02. The number of carbonyl (C=O) groups is 1. The van der Waals surface area contributed by atoms with Crippen LogP contribution in [0.5, 0.6) is 0 Å². The second kappa shape index (κ2) is 5.01. The number of nitrogens with two attached hydrogens (primary N) is 1. The van der Waals surface area contributed by atoms with Gasteiger partial charge in [0.15, 0.2) is 0 Å². The van der Waals surface area contributed by atoms with Gasteiger partial charge in [0.25, 0.3) is 0 Å². The highest BCUT2D eigenvalue weighted by atomic mass is 16.1. The van der Waals surface area contributed by atoms with Gasteiger partial charge >= 0.3 is 0 Å². The number of nitrogens with one attached hydrogen (secondary N) is 1. The molecular weight excluding hydrogens is 214 g/mol. The number of rotatable bonds is 4. The standard InChI is InChI=1S/C13H17N3O/c1-16-9-10(6-7-15-13(17)8-14)11-4-2-3-5-12(11)16/h2-5,9H,6-8,14H2,1H3,(H,15,17). The van der Waals surface area contributed by atoms with Crippen molar-refractivity contribution in [2.75, 3.05) is 13.1 Å². The summed E-state index contributed by atoms with van der Waals surface area (Å²) >= 11 is 0. The third-order valence-corrected chi connectivity index (χ3v) is 2.88. The number of nitrogens with zero attached hydrogens (tertiary/aromatic N) is 1. The van der Waals surface area contributed by atoms with Crippen molar-refractivity contribution in [1.82, 2.24) is 9.88 Å². The second-order valence-electron chi connectivity index (χ2n) is 4.09. The highest BCUT2D eigenvalue weighted by Gasteiger charge is 2.05. The van der Waals surface area contributed by atoms with Gasteiger partial charge in [0.05, 0.1) is 6.54 Å². The molecule has 17 heavy (non-hydrogen) atoms. The zero-order valence-electron chi connectivity index (χ0n) is 9.94. The van der Waals surface area contributed by atoms with E-state index in [2.05, 4.69) is 28.2 Å². The van der Waals surface area contributed by atoms with Crippen LogP contribution in [0.25, 0.3) is 10.9 Å². The van der Waals surface area contributed by atoms with Crippen LogP contribution in [0.1, 0.15) is 5.56 Å². The summed E-state index contributed by atoms with van der Waals surface area (Å²) in [5.74, 6) is -0.106. The fraction of sp³-hybridized carbons (Fsp3) is 0.308. The fourth-order valence-electron chi connectivity index (χ4n) is 2.03. The molecule has 1 aromatic carbocycles. The fourth-order valence-corrected chi connectivity index (χ4v) is 2.03. The number of para-hydroxylation sites is 1. The Hall–Kier alpha value is -1.81. The first kappa shape index (κ1) is 11.7. The van der Waals surface area contributed by atoms with Crippen LogP contribution >= 0.6 is 0 Å². The molecular formula is C13H17N3O. The first-order valence-electron chi connectivity index (χ1n) is 5.72. The number of aryl methyl sites for hydroxylation is 1. The summed E-state index contributed by atoms with van der Waals surface area (Å²) in [5, 5.41) is 4.03. The van der Waals surface area contributed by atoms with Crippen LogP contribution in [0, 0.1) is 0 Å². The van der Waals surface area contributed by atoms with E-state index < -0.39 is 0 Å². The van der Waals surface area contributed by atoms with E-state index in [0.717, 1.165) is 6.42 Å². The van der Waals surface area contributed by atoms with Crippen molar-refractivity contribution in [3.8, 4) is 0 Å². The molecule has 1 heterocycles. The Balaban J connectivity index is 2.11. The van der Waals surface area contributed by atoms with Crippen LogP contribution in [0.2, 0.25) is 0 Å². The molecule has 1 aromatic heterocycles. The van der Waals surface area contributed by atoms with Crippen LogP contribution in [0.15, 0.2) is 30.5 Å². The van der Waals surface area contributed by atoms with Gasteiger partial charge < -0.3 is 15.6 Å². The van der Waals surface area contributed by atoms with Crippen LogP contribution in [-0.2, 0) is 18.3 Å². The minimum atomic E-state index is -0.106. The molecule has 90 valence electrons. The summed E-state index contributed by atoms with van der Waals surface area (Å²) in [4.78, 5) is 11.0. The normalized spacial score (nSPS) is 10.7. The molecule has 1 amide bonds. The third kappa shape index (κ3) is 2.47. The van der Waals surface area contributed by atoms with Gasteiger partial charge in [-0.05, 0) is 18.1 Å². The molecule has 4 nitrogen and oxygen atoms in total. The Morgan fingerprint density at radius 3 is 2.94 bits per heavy atom. The van der Waals surface area contributed by atoms with Crippen molar-refractivity contribution in [3.05, 3.63) is 36.0 Å². The smallest absolute Gasteiger partial charge is 0.233 e. The van der Waals surface area contributed by atoms with Crippen LogP contribution in [0.4, 0.5) is 0 Å². The van der Waals surface area contributed by atoms with E-state index in [1.54, 1.807) is 0 Å². The molecule has 0 fully saturated rings. The van der Waals surface area contributed by atoms with Gasteiger partial charge in [0, 0.05) is 30.7 Å². The number of fused-ring (bicyclic) bond motifs is 1. The maximum Gasteiger partial charge on any atom is 0.233 e. The maximum atomic E-state index is 11.0. The number of amides is 1. The summed E-state index contributed by atoms with van der Waals surface area (Å²) in [7, 11) is 2.03. The van der Waals surface area contributed by atoms with E-state index in [4.69, 9.17) is 5.73 Å². The second-order valence-corrected chi connectivity index (χ2v) is 4.09. The molecule has 0 saturated carbocycles. The predicted molar refractivity (Wildman–Crippen MR) is 68.7 cm³/mol. The van der Waals surface area contributed by atoms with E-state index >= 15 is 0 Å². The lowest BCUT2D eigenvalue weighted by Crippen LogP contribution is -2.31. The van der Waals surface area contributed by atoms with Crippen molar-refractivity contribution >= 4 is 16.8 Å². The van der Waals surface area contributed by atoms with Gasteiger partial charge in [0.1, 0.15) is 0 Å². The first-order chi connectivity index (χ1) is 8.22. The molecule has 0 aliphatic rings. The Labute approximate surface area is 100 Å². The van der Waals surface area contributed by atoms with Crippen LogP contribution in [0.3, 0.4) is 0 Å². The van der Waals surface area contributed by atoms with E-state index in [9.17, 15) is 4.79 Å². The summed E-state index contributed by atoms with van der Waals surface area (Å²) in [5.41, 5.74) is 7.70. The lowest BCUT2D eigenvalue weighted by atomic mass is 10.1. The van der Waals surface area contributed by atoms with Crippen molar-refractivity contribution in [3.63, 3.8) is 0 Å². The van der Waals surface area contributed by atoms with Crippen LogP contribution < -0.4 is 11.1 Å². The molecule has 0 saturated heterocycles. The number of hydrogen-bond acceptors (Lipinski definition) is 2. The maximum absolute atomic E-state index is 11.0. The molecule has 0 radical (unpaired) electrons. The monoisotopic (exact) mass is 231 g/mol. The molecule has 0 atom stereocenters. The zero-order chi connectivity index (χ0) is 12.3. The molecule has 0 unspecified atom stereocenters. The summed E-state index contributed by atoms with van der Waals surface area (Å²) in [6.07, 6.45) is 2.94. The molecule has 0 aliphatic heterocycles. The third-order valence-electron chi connectivity index (χ3n) is 2.88. The Morgan fingerprint density at radius 1 is 1.41 bits per heavy atom. The molecule has 2 aromatic rings. The molecule has 3 N–H and O–H groups in total. The summed E-state index contributed by atoms with van der Waals surface area (Å²) in [6, 6.07) is 8.26. The number of aromatic nitrogens is 1. The number of benzene rings is 1. The Morgan fingerprint density at radius 2 is 2.18 bits per heavy atom. The Kier molecular flexibility index (Phi) is 3.44.